The molecule has 3 N–H and O–H groups in total. The molecule has 1 aromatic carbocycles. The van der Waals surface area contributed by atoms with E-state index in [1.807, 2.05) is 25.1 Å². The van der Waals surface area contributed by atoms with Gasteiger partial charge in [-0.1, -0.05) is 26.2 Å². The van der Waals surface area contributed by atoms with Crippen LogP contribution in [-0.4, -0.2) is 24.5 Å². The van der Waals surface area contributed by atoms with Crippen molar-refractivity contribution in [2.75, 3.05) is 13.2 Å². The van der Waals surface area contributed by atoms with Gasteiger partial charge in [0, 0.05) is 0 Å². The van der Waals surface area contributed by atoms with Crippen molar-refractivity contribution in [3.05, 3.63) is 23.8 Å². The van der Waals surface area contributed by atoms with Crippen LogP contribution in [0.3, 0.4) is 0 Å². The van der Waals surface area contributed by atoms with Crippen LogP contribution in [0.4, 0.5) is 0 Å². The van der Waals surface area contributed by atoms with Crippen molar-refractivity contribution in [1.29, 1.82) is 0 Å². The Bertz CT molecular complexity index is 492. The summed E-state index contributed by atoms with van der Waals surface area (Å²) in [6.45, 7) is 5.43. The zero-order chi connectivity index (χ0) is 16.2. The van der Waals surface area contributed by atoms with Crippen molar-refractivity contribution in [3.8, 4) is 11.5 Å². The molecule has 0 heterocycles. The molecule has 0 aromatic heterocycles. The van der Waals surface area contributed by atoms with Gasteiger partial charge >= 0.3 is 0 Å². The van der Waals surface area contributed by atoms with Gasteiger partial charge in [-0.15, -0.1) is 0 Å². The Morgan fingerprint density at radius 1 is 1.23 bits per heavy atom. The van der Waals surface area contributed by atoms with Gasteiger partial charge in [0.05, 0.1) is 19.4 Å². The lowest BCUT2D eigenvalue weighted by Gasteiger charge is -2.12. The van der Waals surface area contributed by atoms with Gasteiger partial charge in [-0.2, -0.15) is 5.10 Å². The number of benzene rings is 1. The standard InChI is InChI=1S/C16H25N3O2S/c1-3-5-6-7-10-21-14-9-8-13(11-15(14)20-4-2)12-18-19-16(17)22/h8-9,11-12H,3-7,10H2,1-2H3,(H3,17,19,22)/b18-12-. The van der Waals surface area contributed by atoms with E-state index in [4.69, 9.17) is 15.2 Å². The fourth-order valence-corrected chi connectivity index (χ4v) is 1.93. The molecule has 0 spiro atoms. The zero-order valence-electron chi connectivity index (χ0n) is 13.3. The summed E-state index contributed by atoms with van der Waals surface area (Å²) in [5.74, 6) is 1.48. The Hall–Kier alpha value is -1.82. The van der Waals surface area contributed by atoms with Crippen molar-refractivity contribution in [3.63, 3.8) is 0 Å². The van der Waals surface area contributed by atoms with E-state index in [0.29, 0.717) is 13.2 Å². The van der Waals surface area contributed by atoms with E-state index in [-0.39, 0.29) is 5.11 Å². The van der Waals surface area contributed by atoms with Gasteiger partial charge in [0.2, 0.25) is 0 Å². The first-order chi connectivity index (χ1) is 10.7. The minimum Gasteiger partial charge on any atom is -0.490 e. The molecule has 0 unspecified atom stereocenters. The summed E-state index contributed by atoms with van der Waals surface area (Å²) in [5, 5.41) is 4.06. The molecule has 0 atom stereocenters. The lowest BCUT2D eigenvalue weighted by molar-refractivity contribution is 0.270. The summed E-state index contributed by atoms with van der Waals surface area (Å²) in [6, 6.07) is 5.69. The Labute approximate surface area is 137 Å². The predicted molar refractivity (Wildman–Crippen MR) is 94.8 cm³/mol. The van der Waals surface area contributed by atoms with Crippen molar-refractivity contribution in [1.82, 2.24) is 5.43 Å². The number of thiocarbonyl (C=S) groups is 1. The minimum absolute atomic E-state index is 0.133. The molecule has 0 amide bonds. The van der Waals surface area contributed by atoms with Crippen LogP contribution < -0.4 is 20.6 Å². The third-order valence-electron chi connectivity index (χ3n) is 2.91. The van der Waals surface area contributed by atoms with Crippen LogP contribution >= 0.6 is 12.2 Å². The van der Waals surface area contributed by atoms with Crippen molar-refractivity contribution in [2.45, 2.75) is 39.5 Å². The van der Waals surface area contributed by atoms with Crippen LogP contribution in [0, 0.1) is 0 Å². The maximum absolute atomic E-state index is 5.81. The van der Waals surface area contributed by atoms with E-state index >= 15 is 0 Å². The molecule has 122 valence electrons. The van der Waals surface area contributed by atoms with E-state index in [0.717, 1.165) is 23.5 Å². The molecule has 22 heavy (non-hydrogen) atoms. The number of nitrogens with two attached hydrogens (primary N) is 1. The van der Waals surface area contributed by atoms with Gasteiger partial charge < -0.3 is 15.2 Å². The number of hydrogen-bond acceptors (Lipinski definition) is 4. The number of unbranched alkanes of at least 4 members (excludes halogenated alkanes) is 3. The van der Waals surface area contributed by atoms with Gasteiger partial charge in [-0.25, -0.2) is 0 Å². The molecule has 0 saturated heterocycles. The minimum atomic E-state index is 0.133. The van der Waals surface area contributed by atoms with Crippen molar-refractivity contribution in [2.24, 2.45) is 10.8 Å². The van der Waals surface area contributed by atoms with E-state index in [9.17, 15) is 0 Å². The Morgan fingerprint density at radius 2 is 2.05 bits per heavy atom. The van der Waals surface area contributed by atoms with E-state index in [1.54, 1.807) is 6.21 Å². The average molecular weight is 323 g/mol. The van der Waals surface area contributed by atoms with Gasteiger partial charge in [-0.3, -0.25) is 5.43 Å². The highest BCUT2D eigenvalue weighted by atomic mass is 32.1. The molecule has 0 aliphatic heterocycles. The number of hydrazone groups is 1. The maximum Gasteiger partial charge on any atom is 0.184 e. The number of nitrogens with one attached hydrogen (secondary N) is 1. The van der Waals surface area contributed by atoms with E-state index in [1.165, 1.54) is 19.3 Å². The molecular formula is C16H25N3O2S. The Balaban J connectivity index is 2.64. The highest BCUT2D eigenvalue weighted by Gasteiger charge is 2.05. The van der Waals surface area contributed by atoms with Crippen LogP contribution in [0.1, 0.15) is 45.1 Å². The summed E-state index contributed by atoms with van der Waals surface area (Å²) in [6.07, 6.45) is 6.34. The van der Waals surface area contributed by atoms with Gasteiger partial charge in [0.25, 0.3) is 0 Å². The zero-order valence-corrected chi connectivity index (χ0v) is 14.1. The topological polar surface area (TPSA) is 68.9 Å². The lowest BCUT2D eigenvalue weighted by Crippen LogP contribution is -2.23. The third-order valence-corrected chi connectivity index (χ3v) is 3.00. The molecule has 5 nitrogen and oxygen atoms in total. The second-order valence-corrected chi connectivity index (χ2v) is 5.22. The molecule has 1 aromatic rings. The first-order valence-corrected chi connectivity index (χ1v) is 8.06. The lowest BCUT2D eigenvalue weighted by atomic mass is 10.2. The molecule has 0 bridgehead atoms. The monoisotopic (exact) mass is 323 g/mol. The molecule has 0 saturated carbocycles. The molecule has 0 aliphatic carbocycles. The van der Waals surface area contributed by atoms with Crippen LogP contribution in [0.15, 0.2) is 23.3 Å². The summed E-state index contributed by atoms with van der Waals surface area (Å²) in [5.41, 5.74) is 8.71. The average Bonchev–Trinajstić information content (AvgIpc) is 2.49. The Morgan fingerprint density at radius 3 is 2.73 bits per heavy atom. The van der Waals surface area contributed by atoms with Crippen molar-refractivity contribution >= 4 is 23.5 Å². The summed E-state index contributed by atoms with van der Waals surface area (Å²) >= 11 is 4.69. The molecule has 1 rings (SSSR count). The predicted octanol–water partition coefficient (Wildman–Crippen LogP) is 3.21. The number of ether oxygens (including phenoxy) is 2. The first kappa shape index (κ1) is 18.2. The molecule has 0 fully saturated rings. The highest BCUT2D eigenvalue weighted by molar-refractivity contribution is 7.80. The fraction of sp³-hybridized carbons (Fsp3) is 0.500. The third kappa shape index (κ3) is 7.26. The highest BCUT2D eigenvalue weighted by Crippen LogP contribution is 2.28. The van der Waals surface area contributed by atoms with Crippen LogP contribution in [0.5, 0.6) is 11.5 Å². The van der Waals surface area contributed by atoms with Gasteiger partial charge in [-0.05, 0) is 49.3 Å². The van der Waals surface area contributed by atoms with Crippen LogP contribution in [0.2, 0.25) is 0 Å². The summed E-state index contributed by atoms with van der Waals surface area (Å²) in [7, 11) is 0. The summed E-state index contributed by atoms with van der Waals surface area (Å²) in [4.78, 5) is 0. The molecule has 0 radical (unpaired) electrons. The van der Waals surface area contributed by atoms with Gasteiger partial charge in [0.15, 0.2) is 16.6 Å². The Kier molecular flexibility index (Phi) is 8.98. The molecular weight excluding hydrogens is 298 g/mol. The second kappa shape index (κ2) is 10.8. The normalized spacial score (nSPS) is 10.6. The molecule has 0 aliphatic rings. The maximum atomic E-state index is 5.81. The van der Waals surface area contributed by atoms with Gasteiger partial charge in [0.1, 0.15) is 0 Å². The summed E-state index contributed by atoms with van der Waals surface area (Å²) < 4.78 is 11.4. The van der Waals surface area contributed by atoms with E-state index < -0.39 is 0 Å². The smallest absolute Gasteiger partial charge is 0.184 e. The fourth-order valence-electron chi connectivity index (χ4n) is 1.87. The number of nitrogens with zero attached hydrogens (tertiary/aromatic N) is 1. The van der Waals surface area contributed by atoms with Crippen LogP contribution in [-0.2, 0) is 0 Å². The SMILES string of the molecule is CCCCCCOc1ccc(/C=N\NC(N)=S)cc1OCC. The second-order valence-electron chi connectivity index (χ2n) is 4.78. The molecule has 6 heteroatoms. The quantitative estimate of drug-likeness (QED) is 0.299. The van der Waals surface area contributed by atoms with E-state index in [2.05, 4.69) is 29.7 Å². The largest absolute Gasteiger partial charge is 0.490 e. The van der Waals surface area contributed by atoms with Crippen molar-refractivity contribution < 1.29 is 9.47 Å². The number of hydrogen-bond donors (Lipinski definition) is 2. The number of rotatable bonds is 10. The first-order valence-electron chi connectivity index (χ1n) is 7.65. The van der Waals surface area contributed by atoms with Crippen LogP contribution in [0.25, 0.3) is 0 Å².